The summed E-state index contributed by atoms with van der Waals surface area (Å²) in [6, 6.07) is 11.1. The molecule has 2 aromatic carbocycles. The number of aryl methyl sites for hydroxylation is 2. The second-order valence-corrected chi connectivity index (χ2v) is 7.89. The van der Waals surface area contributed by atoms with E-state index in [0.717, 1.165) is 41.8 Å². The zero-order valence-electron chi connectivity index (χ0n) is 18.0. The monoisotopic (exact) mass is 449 g/mol. The highest BCUT2D eigenvalue weighted by atomic mass is 19.4. The summed E-state index contributed by atoms with van der Waals surface area (Å²) >= 11 is 0. The molecule has 0 aliphatic heterocycles. The summed E-state index contributed by atoms with van der Waals surface area (Å²) in [6.07, 6.45) is -2.63. The Morgan fingerprint density at radius 3 is 2.19 bits per heavy atom. The molecule has 1 aliphatic rings. The normalized spacial score (nSPS) is 13.7. The zero-order valence-corrected chi connectivity index (χ0v) is 18.0. The first-order chi connectivity index (χ1) is 15.1. The summed E-state index contributed by atoms with van der Waals surface area (Å²) in [5.41, 5.74) is 3.16. The summed E-state index contributed by atoms with van der Waals surface area (Å²) in [7, 11) is 0. The fourth-order valence-electron chi connectivity index (χ4n) is 3.41. The van der Waals surface area contributed by atoms with Crippen LogP contribution in [0.1, 0.15) is 30.4 Å². The van der Waals surface area contributed by atoms with Gasteiger partial charge in [0.05, 0.1) is 6.54 Å². The molecule has 0 atom stereocenters. The molecule has 3 rings (SSSR count). The number of amides is 2. The fraction of sp³-hybridized carbons (Fsp3) is 0.391. The van der Waals surface area contributed by atoms with E-state index in [9.17, 15) is 22.8 Å². The van der Waals surface area contributed by atoms with Gasteiger partial charge in [0.1, 0.15) is 5.75 Å². The van der Waals surface area contributed by atoms with Crippen LogP contribution in [0.15, 0.2) is 42.5 Å². The maximum atomic E-state index is 12.6. The molecule has 6 nitrogen and oxygen atoms in total. The number of anilines is 2. The zero-order chi connectivity index (χ0) is 23.3. The van der Waals surface area contributed by atoms with E-state index >= 15 is 0 Å². The average Bonchev–Trinajstić information content (AvgIpc) is 3.54. The van der Waals surface area contributed by atoms with Gasteiger partial charge in [-0.15, -0.1) is 13.2 Å². The molecule has 2 amide bonds. The first-order valence-electron chi connectivity index (χ1n) is 10.4. The molecule has 2 aromatic rings. The number of benzene rings is 2. The lowest BCUT2D eigenvalue weighted by atomic mass is 10.1. The SMILES string of the molecule is Cc1cccc(C)c1NC(=O)CN(CCC(=O)Nc1ccc(OC(F)(F)F)cc1)C1CC1. The molecule has 0 heterocycles. The van der Waals surface area contributed by atoms with Crippen molar-refractivity contribution in [2.75, 3.05) is 23.7 Å². The molecule has 0 spiro atoms. The number of hydrogen-bond acceptors (Lipinski definition) is 4. The minimum Gasteiger partial charge on any atom is -0.406 e. The Morgan fingerprint density at radius 2 is 1.62 bits per heavy atom. The van der Waals surface area contributed by atoms with Crippen molar-refractivity contribution >= 4 is 23.2 Å². The van der Waals surface area contributed by atoms with E-state index in [0.29, 0.717) is 12.2 Å². The first-order valence-corrected chi connectivity index (χ1v) is 10.4. The van der Waals surface area contributed by atoms with Gasteiger partial charge in [-0.1, -0.05) is 18.2 Å². The van der Waals surface area contributed by atoms with Crippen LogP contribution in [0, 0.1) is 13.8 Å². The molecule has 0 radical (unpaired) electrons. The number of rotatable bonds is 9. The van der Waals surface area contributed by atoms with Crippen molar-refractivity contribution in [1.29, 1.82) is 0 Å². The predicted octanol–water partition coefficient (Wildman–Crippen LogP) is 4.63. The van der Waals surface area contributed by atoms with E-state index in [4.69, 9.17) is 0 Å². The molecular weight excluding hydrogens is 423 g/mol. The number of para-hydroxylation sites is 1. The standard InChI is InChI=1S/C23H26F3N3O3/c1-15-4-3-5-16(2)22(15)28-21(31)14-29(18-8-9-18)13-12-20(30)27-17-6-10-19(11-7-17)32-23(24,25)26/h3-7,10-11,18H,8-9,12-14H2,1-2H3,(H,27,30)(H,28,31). The van der Waals surface area contributed by atoms with Crippen molar-refractivity contribution in [3.8, 4) is 5.75 Å². The minimum absolute atomic E-state index is 0.130. The predicted molar refractivity (Wildman–Crippen MR) is 116 cm³/mol. The van der Waals surface area contributed by atoms with Crippen LogP contribution in [0.3, 0.4) is 0 Å². The summed E-state index contributed by atoms with van der Waals surface area (Å²) < 4.78 is 40.5. The molecule has 0 unspecified atom stereocenters. The van der Waals surface area contributed by atoms with Gasteiger partial charge in [-0.25, -0.2) is 0 Å². The minimum atomic E-state index is -4.76. The molecule has 1 saturated carbocycles. The Hall–Kier alpha value is -3.07. The number of halogens is 3. The molecule has 9 heteroatoms. The number of carbonyl (C=O) groups is 2. The van der Waals surface area contributed by atoms with E-state index in [-0.39, 0.29) is 36.6 Å². The van der Waals surface area contributed by atoms with Gasteiger partial charge in [0.2, 0.25) is 11.8 Å². The number of carbonyl (C=O) groups excluding carboxylic acids is 2. The number of hydrogen-bond donors (Lipinski definition) is 2. The topological polar surface area (TPSA) is 70.7 Å². The van der Waals surface area contributed by atoms with Crippen LogP contribution in [0.2, 0.25) is 0 Å². The van der Waals surface area contributed by atoms with Gasteiger partial charge < -0.3 is 15.4 Å². The lowest BCUT2D eigenvalue weighted by molar-refractivity contribution is -0.274. The highest BCUT2D eigenvalue weighted by Crippen LogP contribution is 2.27. The van der Waals surface area contributed by atoms with Crippen molar-refractivity contribution in [1.82, 2.24) is 4.90 Å². The Morgan fingerprint density at radius 1 is 1.00 bits per heavy atom. The van der Waals surface area contributed by atoms with Crippen molar-refractivity contribution in [2.45, 2.75) is 45.5 Å². The Balaban J connectivity index is 1.49. The van der Waals surface area contributed by atoms with Gasteiger partial charge in [0.15, 0.2) is 0 Å². The van der Waals surface area contributed by atoms with Crippen molar-refractivity contribution < 1.29 is 27.5 Å². The second kappa shape index (κ2) is 10.0. The average molecular weight is 449 g/mol. The van der Waals surface area contributed by atoms with Crippen molar-refractivity contribution in [3.05, 3.63) is 53.6 Å². The smallest absolute Gasteiger partial charge is 0.406 e. The quantitative estimate of drug-likeness (QED) is 0.586. The summed E-state index contributed by atoms with van der Waals surface area (Å²) in [5, 5.41) is 5.62. The molecule has 2 N–H and O–H groups in total. The van der Waals surface area contributed by atoms with Gasteiger partial charge in [-0.05, 0) is 62.1 Å². The van der Waals surface area contributed by atoms with E-state index in [1.165, 1.54) is 12.1 Å². The Bertz CT molecular complexity index is 937. The maximum Gasteiger partial charge on any atom is 0.573 e. The van der Waals surface area contributed by atoms with E-state index in [2.05, 4.69) is 15.4 Å². The number of nitrogens with zero attached hydrogens (tertiary/aromatic N) is 1. The lowest BCUT2D eigenvalue weighted by Gasteiger charge is -2.22. The summed E-state index contributed by atoms with van der Waals surface area (Å²) in [5.74, 6) is -0.768. The van der Waals surface area contributed by atoms with Crippen LogP contribution in [-0.2, 0) is 9.59 Å². The Kier molecular flexibility index (Phi) is 7.40. The summed E-state index contributed by atoms with van der Waals surface area (Å²) in [6.45, 7) is 4.47. The molecule has 32 heavy (non-hydrogen) atoms. The summed E-state index contributed by atoms with van der Waals surface area (Å²) in [4.78, 5) is 26.9. The fourth-order valence-corrected chi connectivity index (χ4v) is 3.41. The molecule has 1 fully saturated rings. The highest BCUT2D eigenvalue weighted by molar-refractivity contribution is 5.94. The van der Waals surface area contributed by atoms with Crippen LogP contribution in [-0.4, -0.2) is 42.2 Å². The van der Waals surface area contributed by atoms with Gasteiger partial charge in [0.25, 0.3) is 0 Å². The van der Waals surface area contributed by atoms with Crippen LogP contribution in [0.25, 0.3) is 0 Å². The molecule has 0 saturated heterocycles. The molecule has 0 aromatic heterocycles. The Labute approximate surface area is 184 Å². The molecule has 1 aliphatic carbocycles. The van der Waals surface area contributed by atoms with Crippen molar-refractivity contribution in [3.63, 3.8) is 0 Å². The van der Waals surface area contributed by atoms with E-state index in [1.807, 2.05) is 36.9 Å². The molecular formula is C23H26F3N3O3. The van der Waals surface area contributed by atoms with Gasteiger partial charge >= 0.3 is 6.36 Å². The number of ether oxygens (including phenoxy) is 1. The third-order valence-electron chi connectivity index (χ3n) is 5.15. The van der Waals surface area contributed by atoms with Crippen LogP contribution in [0.5, 0.6) is 5.75 Å². The van der Waals surface area contributed by atoms with E-state index < -0.39 is 6.36 Å². The third-order valence-corrected chi connectivity index (χ3v) is 5.15. The second-order valence-electron chi connectivity index (χ2n) is 7.89. The first kappa shape index (κ1) is 23.6. The third kappa shape index (κ3) is 7.26. The maximum absolute atomic E-state index is 12.6. The van der Waals surface area contributed by atoms with Crippen LogP contribution >= 0.6 is 0 Å². The van der Waals surface area contributed by atoms with Gasteiger partial charge in [-0.2, -0.15) is 0 Å². The van der Waals surface area contributed by atoms with Gasteiger partial charge in [-0.3, -0.25) is 14.5 Å². The van der Waals surface area contributed by atoms with Crippen molar-refractivity contribution in [2.24, 2.45) is 0 Å². The molecule has 0 bridgehead atoms. The van der Waals surface area contributed by atoms with E-state index in [1.54, 1.807) is 0 Å². The molecule has 172 valence electrons. The van der Waals surface area contributed by atoms with Gasteiger partial charge in [0, 0.05) is 30.4 Å². The van der Waals surface area contributed by atoms with Crippen LogP contribution in [0.4, 0.5) is 24.5 Å². The largest absolute Gasteiger partial charge is 0.573 e. The van der Waals surface area contributed by atoms with Crippen LogP contribution < -0.4 is 15.4 Å². The number of alkyl halides is 3. The lowest BCUT2D eigenvalue weighted by Crippen LogP contribution is -2.37. The highest BCUT2D eigenvalue weighted by Gasteiger charge is 2.31. The number of nitrogens with one attached hydrogen (secondary N) is 2.